The first-order valence-corrected chi connectivity index (χ1v) is 8.73. The molecule has 2 aromatic rings. The fourth-order valence-electron chi connectivity index (χ4n) is 2.43. The van der Waals surface area contributed by atoms with Gasteiger partial charge in [0.15, 0.2) is 0 Å². The first-order valence-electron chi connectivity index (χ1n) is 7.12. The van der Waals surface area contributed by atoms with Crippen molar-refractivity contribution in [1.82, 2.24) is 0 Å². The summed E-state index contributed by atoms with van der Waals surface area (Å²) < 4.78 is 11.5. The number of aromatic hydroxyl groups is 2. The minimum atomic E-state index is -4.59. The van der Waals surface area contributed by atoms with Crippen LogP contribution in [0, 0.1) is 0 Å². The number of aliphatic hydroxyl groups is 1. The lowest BCUT2D eigenvalue weighted by Gasteiger charge is -2.16. The average molecular weight is 338 g/mol. The standard InChI is InChI=1S/C16H19O6P/c17-12-5-1-3-11(9-12)4-2-6-15(19)14-8-7-13(18)10-16(14)23(20,21)22/h1,3,5,7-10,15,17-19H,2,4,6H2,(H2,20,21,22). The van der Waals surface area contributed by atoms with Crippen LogP contribution in [-0.4, -0.2) is 25.1 Å². The second-order valence-electron chi connectivity index (χ2n) is 5.37. The number of phenolic OH excluding ortho intramolecular Hbond substituents is 2. The summed E-state index contributed by atoms with van der Waals surface area (Å²) >= 11 is 0. The van der Waals surface area contributed by atoms with E-state index in [2.05, 4.69) is 0 Å². The smallest absolute Gasteiger partial charge is 0.356 e. The lowest BCUT2D eigenvalue weighted by atomic mass is 10.0. The van der Waals surface area contributed by atoms with E-state index in [4.69, 9.17) is 0 Å². The van der Waals surface area contributed by atoms with Crippen molar-refractivity contribution in [3.05, 3.63) is 53.6 Å². The molecular formula is C16H19O6P. The molecule has 23 heavy (non-hydrogen) atoms. The Bertz CT molecular complexity index is 724. The van der Waals surface area contributed by atoms with Gasteiger partial charge in [0.2, 0.25) is 0 Å². The van der Waals surface area contributed by atoms with E-state index >= 15 is 0 Å². The third-order valence-electron chi connectivity index (χ3n) is 3.54. The molecule has 0 saturated carbocycles. The van der Waals surface area contributed by atoms with Gasteiger partial charge in [-0.15, -0.1) is 0 Å². The van der Waals surface area contributed by atoms with Gasteiger partial charge >= 0.3 is 7.60 Å². The highest BCUT2D eigenvalue weighted by Gasteiger charge is 2.25. The molecule has 0 aliphatic rings. The van der Waals surface area contributed by atoms with Crippen LogP contribution in [0.5, 0.6) is 11.5 Å². The fraction of sp³-hybridized carbons (Fsp3) is 0.250. The van der Waals surface area contributed by atoms with E-state index in [9.17, 15) is 29.7 Å². The maximum absolute atomic E-state index is 11.5. The zero-order chi connectivity index (χ0) is 17.0. The molecule has 7 heteroatoms. The predicted octanol–water partition coefficient (Wildman–Crippen LogP) is 1.96. The van der Waals surface area contributed by atoms with Crippen molar-refractivity contribution in [3.63, 3.8) is 0 Å². The number of aliphatic hydroxyl groups excluding tert-OH is 1. The molecule has 0 saturated heterocycles. The Labute approximate surface area is 133 Å². The number of phenols is 2. The normalized spacial score (nSPS) is 13.0. The quantitative estimate of drug-likeness (QED) is 0.514. The Balaban J connectivity index is 2.06. The van der Waals surface area contributed by atoms with Gasteiger partial charge in [-0.3, -0.25) is 4.57 Å². The van der Waals surface area contributed by atoms with Gasteiger partial charge in [0.05, 0.1) is 11.4 Å². The van der Waals surface area contributed by atoms with Crippen molar-refractivity contribution in [2.45, 2.75) is 25.4 Å². The van der Waals surface area contributed by atoms with Gasteiger partial charge in [0.1, 0.15) is 11.5 Å². The maximum atomic E-state index is 11.5. The van der Waals surface area contributed by atoms with Gasteiger partial charge in [-0.25, -0.2) is 0 Å². The second kappa shape index (κ2) is 7.15. The van der Waals surface area contributed by atoms with Crippen LogP contribution < -0.4 is 5.30 Å². The Morgan fingerprint density at radius 1 is 1.00 bits per heavy atom. The van der Waals surface area contributed by atoms with Crippen LogP contribution in [0.2, 0.25) is 0 Å². The van der Waals surface area contributed by atoms with Crippen molar-refractivity contribution in [3.8, 4) is 11.5 Å². The van der Waals surface area contributed by atoms with E-state index in [0.29, 0.717) is 19.3 Å². The Hall–Kier alpha value is -1.85. The molecule has 124 valence electrons. The summed E-state index contributed by atoms with van der Waals surface area (Å²) in [5, 5.41) is 28.6. The molecule has 0 fully saturated rings. The summed E-state index contributed by atoms with van der Waals surface area (Å²) in [7, 11) is -4.59. The molecule has 0 radical (unpaired) electrons. The average Bonchev–Trinajstić information content (AvgIpc) is 2.46. The van der Waals surface area contributed by atoms with Crippen LogP contribution in [0.15, 0.2) is 42.5 Å². The molecule has 1 atom stereocenters. The summed E-state index contributed by atoms with van der Waals surface area (Å²) in [5.41, 5.74) is 1.03. The van der Waals surface area contributed by atoms with Crippen LogP contribution in [0.4, 0.5) is 0 Å². The number of rotatable bonds is 6. The lowest BCUT2D eigenvalue weighted by Crippen LogP contribution is -2.15. The van der Waals surface area contributed by atoms with E-state index in [0.717, 1.165) is 11.6 Å². The zero-order valence-corrected chi connectivity index (χ0v) is 13.2. The molecule has 2 aromatic carbocycles. The largest absolute Gasteiger partial charge is 0.508 e. The number of hydrogen-bond acceptors (Lipinski definition) is 4. The second-order valence-corrected chi connectivity index (χ2v) is 6.93. The number of hydrogen-bond donors (Lipinski definition) is 5. The number of aryl methyl sites for hydroxylation is 1. The SMILES string of the molecule is O=P(O)(O)c1cc(O)ccc1C(O)CCCc1cccc(O)c1. The summed E-state index contributed by atoms with van der Waals surface area (Å²) in [4.78, 5) is 18.7. The lowest BCUT2D eigenvalue weighted by molar-refractivity contribution is 0.165. The van der Waals surface area contributed by atoms with Crippen molar-refractivity contribution in [2.75, 3.05) is 0 Å². The maximum Gasteiger partial charge on any atom is 0.356 e. The summed E-state index contributed by atoms with van der Waals surface area (Å²) in [6.45, 7) is 0. The first kappa shape index (κ1) is 17.5. The van der Waals surface area contributed by atoms with Crippen molar-refractivity contribution >= 4 is 12.9 Å². The molecule has 0 amide bonds. The van der Waals surface area contributed by atoms with E-state index in [1.807, 2.05) is 6.07 Å². The van der Waals surface area contributed by atoms with E-state index in [1.165, 1.54) is 12.1 Å². The molecule has 0 aliphatic heterocycles. The molecule has 2 rings (SSSR count). The topological polar surface area (TPSA) is 118 Å². The molecule has 0 heterocycles. The summed E-state index contributed by atoms with van der Waals surface area (Å²) in [5.74, 6) is -0.0931. The third-order valence-corrected chi connectivity index (χ3v) is 4.56. The van der Waals surface area contributed by atoms with E-state index in [-0.39, 0.29) is 22.4 Å². The Morgan fingerprint density at radius 2 is 1.70 bits per heavy atom. The molecular weight excluding hydrogens is 319 g/mol. The van der Waals surface area contributed by atoms with Gasteiger partial charge in [-0.2, -0.15) is 0 Å². The monoisotopic (exact) mass is 338 g/mol. The summed E-state index contributed by atoms with van der Waals surface area (Å²) in [6.07, 6.45) is 0.449. The van der Waals surface area contributed by atoms with Crippen molar-refractivity contribution in [1.29, 1.82) is 0 Å². The highest BCUT2D eigenvalue weighted by molar-refractivity contribution is 7.60. The van der Waals surface area contributed by atoms with Crippen LogP contribution in [0.3, 0.4) is 0 Å². The van der Waals surface area contributed by atoms with Crippen LogP contribution in [-0.2, 0) is 11.0 Å². The molecule has 0 aromatic heterocycles. The highest BCUT2D eigenvalue weighted by Crippen LogP contribution is 2.38. The van der Waals surface area contributed by atoms with E-state index in [1.54, 1.807) is 18.2 Å². The van der Waals surface area contributed by atoms with Gasteiger partial charge in [-0.05, 0) is 54.7 Å². The molecule has 6 nitrogen and oxygen atoms in total. The molecule has 0 aliphatic carbocycles. The van der Waals surface area contributed by atoms with Gasteiger partial charge in [0, 0.05) is 0 Å². The Morgan fingerprint density at radius 3 is 2.35 bits per heavy atom. The molecule has 0 spiro atoms. The third kappa shape index (κ3) is 4.81. The van der Waals surface area contributed by atoms with Crippen LogP contribution in [0.25, 0.3) is 0 Å². The summed E-state index contributed by atoms with van der Waals surface area (Å²) in [6, 6.07) is 10.4. The molecule has 1 unspecified atom stereocenters. The molecule has 5 N–H and O–H groups in total. The highest BCUT2D eigenvalue weighted by atomic mass is 31.2. The Kier molecular flexibility index (Phi) is 5.44. The van der Waals surface area contributed by atoms with E-state index < -0.39 is 13.7 Å². The number of benzene rings is 2. The van der Waals surface area contributed by atoms with Crippen LogP contribution in [0.1, 0.15) is 30.1 Å². The fourth-order valence-corrected chi connectivity index (χ4v) is 3.29. The van der Waals surface area contributed by atoms with Gasteiger partial charge in [0.25, 0.3) is 0 Å². The minimum absolute atomic E-state index is 0.118. The first-order chi connectivity index (χ1) is 10.8. The van der Waals surface area contributed by atoms with Crippen LogP contribution >= 0.6 is 7.60 Å². The van der Waals surface area contributed by atoms with Crippen molar-refractivity contribution in [2.24, 2.45) is 0 Å². The minimum Gasteiger partial charge on any atom is -0.508 e. The van der Waals surface area contributed by atoms with Gasteiger partial charge in [-0.1, -0.05) is 18.2 Å². The van der Waals surface area contributed by atoms with Gasteiger partial charge < -0.3 is 25.1 Å². The zero-order valence-electron chi connectivity index (χ0n) is 12.3. The predicted molar refractivity (Wildman–Crippen MR) is 85.8 cm³/mol. The van der Waals surface area contributed by atoms with Crippen molar-refractivity contribution < 1.29 is 29.7 Å². The molecule has 0 bridgehead atoms.